The third-order valence-electron chi connectivity index (χ3n) is 3.46. The number of likely N-dealkylation sites (tertiary alicyclic amines) is 1. The Morgan fingerprint density at radius 1 is 1.39 bits per heavy atom. The maximum atomic E-state index is 12.0. The zero-order valence-corrected chi connectivity index (χ0v) is 10.4. The number of rotatable bonds is 2. The number of carbonyl (C=O) groups excluding carboxylic acids is 1. The molecule has 0 bridgehead atoms. The fraction of sp³-hybridized carbons (Fsp3) is 0.636. The van der Waals surface area contributed by atoms with E-state index in [1.54, 1.807) is 18.7 Å². The molecule has 7 nitrogen and oxygen atoms in total. The average Bonchev–Trinajstić information content (AvgIpc) is 2.76. The normalized spacial score (nSPS) is 18.7. The molecule has 0 aliphatic carbocycles. The van der Waals surface area contributed by atoms with Crippen LogP contribution in [0.5, 0.6) is 0 Å². The lowest BCUT2D eigenvalue weighted by atomic mass is 9.80. The van der Waals surface area contributed by atoms with E-state index in [0.29, 0.717) is 31.8 Å². The summed E-state index contributed by atoms with van der Waals surface area (Å²) in [6.45, 7) is 4.29. The Morgan fingerprint density at radius 2 is 2.00 bits per heavy atom. The molecule has 2 heterocycles. The van der Waals surface area contributed by atoms with Gasteiger partial charge in [-0.05, 0) is 26.7 Å². The molecule has 0 aromatic carbocycles. The quantitative estimate of drug-likeness (QED) is 0.795. The number of amides is 1. The van der Waals surface area contributed by atoms with Gasteiger partial charge in [-0.3, -0.25) is 14.7 Å². The monoisotopic (exact) mass is 252 g/mol. The standard InChI is InChI=1S/C11H16N4O3/c1-7-12-8(14-13-7)9(16)15-5-3-11(2,4-6-15)10(17)18/h3-6H2,1-2H3,(H,17,18)(H,12,13,14). The summed E-state index contributed by atoms with van der Waals surface area (Å²) >= 11 is 0. The highest BCUT2D eigenvalue weighted by atomic mass is 16.4. The molecule has 0 spiro atoms. The van der Waals surface area contributed by atoms with Crippen LogP contribution in [0.4, 0.5) is 0 Å². The second kappa shape index (κ2) is 4.40. The van der Waals surface area contributed by atoms with Gasteiger partial charge < -0.3 is 10.0 Å². The summed E-state index contributed by atoms with van der Waals surface area (Å²) in [5, 5.41) is 15.5. The maximum Gasteiger partial charge on any atom is 0.309 e. The number of aromatic nitrogens is 3. The number of hydrogen-bond donors (Lipinski definition) is 2. The molecule has 1 amide bonds. The molecular weight excluding hydrogens is 236 g/mol. The van der Waals surface area contributed by atoms with E-state index < -0.39 is 11.4 Å². The number of hydrogen-bond acceptors (Lipinski definition) is 4. The highest BCUT2D eigenvalue weighted by Gasteiger charge is 2.38. The van der Waals surface area contributed by atoms with Crippen molar-refractivity contribution >= 4 is 11.9 Å². The van der Waals surface area contributed by atoms with Crippen molar-refractivity contribution in [1.82, 2.24) is 20.1 Å². The number of piperidine rings is 1. The van der Waals surface area contributed by atoms with Crippen LogP contribution in [0.25, 0.3) is 0 Å². The van der Waals surface area contributed by atoms with E-state index in [0.717, 1.165) is 0 Å². The number of carboxylic acids is 1. The Labute approximate surface area is 104 Å². The second-order valence-electron chi connectivity index (χ2n) is 4.90. The lowest BCUT2D eigenvalue weighted by Crippen LogP contribution is -2.45. The van der Waals surface area contributed by atoms with E-state index in [2.05, 4.69) is 15.2 Å². The largest absolute Gasteiger partial charge is 0.481 e. The highest BCUT2D eigenvalue weighted by Crippen LogP contribution is 2.31. The first-order valence-corrected chi connectivity index (χ1v) is 5.84. The predicted octanol–water partition coefficient (Wildman–Crippen LogP) is 0.440. The number of carbonyl (C=O) groups is 2. The van der Waals surface area contributed by atoms with Crippen molar-refractivity contribution in [2.75, 3.05) is 13.1 Å². The highest BCUT2D eigenvalue weighted by molar-refractivity contribution is 5.90. The van der Waals surface area contributed by atoms with Gasteiger partial charge in [-0.25, -0.2) is 4.98 Å². The summed E-state index contributed by atoms with van der Waals surface area (Å²) in [7, 11) is 0. The molecule has 0 saturated carbocycles. The van der Waals surface area contributed by atoms with Gasteiger partial charge in [0, 0.05) is 13.1 Å². The number of aromatic amines is 1. The molecule has 2 rings (SSSR count). The lowest BCUT2D eigenvalue weighted by molar-refractivity contribution is -0.150. The van der Waals surface area contributed by atoms with Crippen LogP contribution < -0.4 is 0 Å². The summed E-state index contributed by atoms with van der Waals surface area (Å²) in [4.78, 5) is 28.7. The summed E-state index contributed by atoms with van der Waals surface area (Å²) in [5.41, 5.74) is -0.730. The van der Waals surface area contributed by atoms with Crippen molar-refractivity contribution in [3.8, 4) is 0 Å². The van der Waals surface area contributed by atoms with Crippen molar-refractivity contribution in [2.24, 2.45) is 5.41 Å². The van der Waals surface area contributed by atoms with Gasteiger partial charge in [0.25, 0.3) is 5.91 Å². The predicted molar refractivity (Wildman–Crippen MR) is 62.0 cm³/mol. The topological polar surface area (TPSA) is 99.2 Å². The molecule has 1 aromatic rings. The Kier molecular flexibility index (Phi) is 3.06. The van der Waals surface area contributed by atoms with Crippen molar-refractivity contribution < 1.29 is 14.7 Å². The molecule has 1 saturated heterocycles. The van der Waals surface area contributed by atoms with Gasteiger partial charge in [-0.2, -0.15) is 0 Å². The average molecular weight is 252 g/mol. The minimum absolute atomic E-state index is 0.145. The van der Waals surface area contributed by atoms with Crippen LogP contribution in [0.2, 0.25) is 0 Å². The smallest absolute Gasteiger partial charge is 0.309 e. The molecular formula is C11H16N4O3. The number of aryl methyl sites for hydroxylation is 1. The first-order chi connectivity index (χ1) is 8.42. The van der Waals surface area contributed by atoms with Crippen LogP contribution in [0, 0.1) is 12.3 Å². The minimum Gasteiger partial charge on any atom is -0.481 e. The molecule has 1 aromatic heterocycles. The van der Waals surface area contributed by atoms with Crippen molar-refractivity contribution in [3.05, 3.63) is 11.6 Å². The fourth-order valence-electron chi connectivity index (χ4n) is 2.00. The SMILES string of the molecule is Cc1nc(C(=O)N2CCC(C)(C(=O)O)CC2)n[nH]1. The summed E-state index contributed by atoms with van der Waals surface area (Å²) < 4.78 is 0. The molecule has 18 heavy (non-hydrogen) atoms. The summed E-state index contributed by atoms with van der Waals surface area (Å²) in [5.74, 6) is -0.313. The maximum absolute atomic E-state index is 12.0. The van der Waals surface area contributed by atoms with E-state index in [1.807, 2.05) is 0 Å². The van der Waals surface area contributed by atoms with Crippen molar-refractivity contribution in [2.45, 2.75) is 26.7 Å². The first-order valence-electron chi connectivity index (χ1n) is 5.84. The van der Waals surface area contributed by atoms with Gasteiger partial charge in [0.2, 0.25) is 5.82 Å². The fourth-order valence-corrected chi connectivity index (χ4v) is 2.00. The Balaban J connectivity index is 2.02. The van der Waals surface area contributed by atoms with Gasteiger partial charge >= 0.3 is 5.97 Å². The van der Waals surface area contributed by atoms with E-state index in [4.69, 9.17) is 5.11 Å². The zero-order chi connectivity index (χ0) is 13.3. The first kappa shape index (κ1) is 12.5. The van der Waals surface area contributed by atoms with Crippen LogP contribution in [0.3, 0.4) is 0 Å². The molecule has 7 heteroatoms. The second-order valence-corrected chi connectivity index (χ2v) is 4.90. The van der Waals surface area contributed by atoms with Crippen LogP contribution >= 0.6 is 0 Å². The lowest BCUT2D eigenvalue weighted by Gasteiger charge is -2.35. The molecule has 1 fully saturated rings. The van der Waals surface area contributed by atoms with Crippen LogP contribution in [0.15, 0.2) is 0 Å². The Hall–Kier alpha value is -1.92. The van der Waals surface area contributed by atoms with E-state index >= 15 is 0 Å². The van der Waals surface area contributed by atoms with Crippen LogP contribution in [0.1, 0.15) is 36.2 Å². The van der Waals surface area contributed by atoms with E-state index in [9.17, 15) is 9.59 Å². The van der Waals surface area contributed by atoms with E-state index in [1.165, 1.54) is 0 Å². The summed E-state index contributed by atoms with van der Waals surface area (Å²) in [6, 6.07) is 0. The minimum atomic E-state index is -0.802. The van der Waals surface area contributed by atoms with Gasteiger partial charge in [-0.15, -0.1) is 5.10 Å². The van der Waals surface area contributed by atoms with Gasteiger partial charge in [-0.1, -0.05) is 0 Å². The van der Waals surface area contributed by atoms with Gasteiger partial charge in [0.15, 0.2) is 0 Å². The van der Waals surface area contributed by atoms with Crippen LogP contribution in [-0.4, -0.2) is 50.2 Å². The molecule has 98 valence electrons. The van der Waals surface area contributed by atoms with Crippen molar-refractivity contribution in [3.63, 3.8) is 0 Å². The number of nitrogens with zero attached hydrogens (tertiary/aromatic N) is 3. The molecule has 0 radical (unpaired) electrons. The van der Waals surface area contributed by atoms with E-state index in [-0.39, 0.29) is 11.7 Å². The number of carboxylic acid groups (broad SMARTS) is 1. The molecule has 0 atom stereocenters. The Bertz CT molecular complexity index is 474. The molecule has 1 aliphatic heterocycles. The summed E-state index contributed by atoms with van der Waals surface area (Å²) in [6.07, 6.45) is 0.912. The third kappa shape index (κ3) is 2.20. The van der Waals surface area contributed by atoms with Crippen LogP contribution in [-0.2, 0) is 4.79 Å². The number of aliphatic carboxylic acids is 1. The number of H-pyrrole nitrogens is 1. The number of nitrogens with one attached hydrogen (secondary N) is 1. The molecule has 1 aliphatic rings. The molecule has 2 N–H and O–H groups in total. The zero-order valence-electron chi connectivity index (χ0n) is 10.4. The van der Waals surface area contributed by atoms with Gasteiger partial charge in [0.05, 0.1) is 5.41 Å². The van der Waals surface area contributed by atoms with Gasteiger partial charge in [0.1, 0.15) is 5.82 Å². The molecule has 0 unspecified atom stereocenters. The van der Waals surface area contributed by atoms with Crippen molar-refractivity contribution in [1.29, 1.82) is 0 Å². The Morgan fingerprint density at radius 3 is 2.44 bits per heavy atom. The third-order valence-corrected chi connectivity index (χ3v) is 3.46.